The van der Waals surface area contributed by atoms with E-state index in [0.29, 0.717) is 17.3 Å². The number of halogens is 2. The van der Waals surface area contributed by atoms with E-state index in [2.05, 4.69) is 21.2 Å². The van der Waals surface area contributed by atoms with Crippen LogP contribution in [-0.4, -0.2) is 18.4 Å². The highest BCUT2D eigenvalue weighted by atomic mass is 79.9. The molecular weight excluding hydrogens is 321 g/mol. The maximum atomic E-state index is 13.3. The van der Waals surface area contributed by atoms with Crippen molar-refractivity contribution >= 4 is 21.7 Å². The highest BCUT2D eigenvalue weighted by Crippen LogP contribution is 2.31. The molecule has 0 saturated heterocycles. The van der Waals surface area contributed by atoms with Crippen LogP contribution in [0.25, 0.3) is 0 Å². The number of hydrogen-bond acceptors (Lipinski definition) is 2. The Morgan fingerprint density at radius 2 is 2.00 bits per heavy atom. The van der Waals surface area contributed by atoms with Crippen molar-refractivity contribution in [1.82, 2.24) is 5.32 Å². The summed E-state index contributed by atoms with van der Waals surface area (Å²) >= 11 is 3.26. The molecule has 1 saturated carbocycles. The molecule has 2 rings (SSSR count). The van der Waals surface area contributed by atoms with Crippen LogP contribution in [0.3, 0.4) is 0 Å². The summed E-state index contributed by atoms with van der Waals surface area (Å²) in [6, 6.07) is 4.66. The molecule has 20 heavy (non-hydrogen) atoms. The molecule has 0 radical (unpaired) electrons. The number of benzene rings is 1. The third-order valence-electron chi connectivity index (χ3n) is 4.20. The molecule has 1 N–H and O–H groups in total. The lowest BCUT2D eigenvalue weighted by Gasteiger charge is -2.36. The van der Waals surface area contributed by atoms with E-state index >= 15 is 0 Å². The summed E-state index contributed by atoms with van der Waals surface area (Å²) in [5.41, 5.74) is 0.698. The van der Waals surface area contributed by atoms with Crippen LogP contribution in [0.15, 0.2) is 22.7 Å². The molecule has 1 fully saturated rings. The number of nitrogens with one attached hydrogen (secondary N) is 1. The molecule has 1 aromatic rings. The van der Waals surface area contributed by atoms with Crippen LogP contribution < -0.4 is 5.32 Å². The molecular formula is C16H21BrFNO. The SMILES string of the molecule is CNC1(CC(=O)Cc2cc(F)cc(Br)c2)CCCCC1. The van der Waals surface area contributed by atoms with Gasteiger partial charge in [-0.3, -0.25) is 4.79 Å². The van der Waals surface area contributed by atoms with Gasteiger partial charge in [-0.1, -0.05) is 35.2 Å². The van der Waals surface area contributed by atoms with Gasteiger partial charge in [0.1, 0.15) is 11.6 Å². The lowest BCUT2D eigenvalue weighted by atomic mass is 9.78. The van der Waals surface area contributed by atoms with Crippen LogP contribution in [-0.2, 0) is 11.2 Å². The average Bonchev–Trinajstić information content (AvgIpc) is 2.38. The zero-order valence-corrected chi connectivity index (χ0v) is 13.4. The Bertz CT molecular complexity index is 463. The quantitative estimate of drug-likeness (QED) is 0.876. The monoisotopic (exact) mass is 341 g/mol. The summed E-state index contributed by atoms with van der Waals surface area (Å²) in [5, 5.41) is 3.35. The van der Waals surface area contributed by atoms with Gasteiger partial charge in [0, 0.05) is 22.9 Å². The highest BCUT2D eigenvalue weighted by molar-refractivity contribution is 9.10. The van der Waals surface area contributed by atoms with Gasteiger partial charge < -0.3 is 5.32 Å². The normalized spacial score (nSPS) is 17.9. The van der Waals surface area contributed by atoms with Gasteiger partial charge in [0.15, 0.2) is 0 Å². The highest BCUT2D eigenvalue weighted by Gasteiger charge is 2.32. The second-order valence-corrected chi connectivity index (χ2v) is 6.68. The van der Waals surface area contributed by atoms with Crippen molar-refractivity contribution < 1.29 is 9.18 Å². The molecule has 0 unspecified atom stereocenters. The van der Waals surface area contributed by atoms with Crippen LogP contribution in [0.5, 0.6) is 0 Å². The Morgan fingerprint density at radius 1 is 1.30 bits per heavy atom. The van der Waals surface area contributed by atoms with E-state index in [-0.39, 0.29) is 17.1 Å². The molecule has 0 atom stereocenters. The standard InChI is InChI=1S/C16H21BrFNO/c1-19-16(5-3-2-4-6-16)11-15(20)9-12-7-13(17)10-14(18)8-12/h7-8,10,19H,2-6,9,11H2,1H3. The van der Waals surface area contributed by atoms with Crippen LogP contribution in [0.4, 0.5) is 4.39 Å². The van der Waals surface area contributed by atoms with Crippen molar-refractivity contribution in [2.45, 2.75) is 50.5 Å². The third kappa shape index (κ3) is 4.13. The molecule has 0 aliphatic heterocycles. The van der Waals surface area contributed by atoms with E-state index in [1.54, 1.807) is 0 Å². The molecule has 1 aromatic carbocycles. The first-order valence-corrected chi connectivity index (χ1v) is 7.98. The van der Waals surface area contributed by atoms with Crippen molar-refractivity contribution in [3.8, 4) is 0 Å². The van der Waals surface area contributed by atoms with Gasteiger partial charge in [-0.2, -0.15) is 0 Å². The summed E-state index contributed by atoms with van der Waals surface area (Å²) in [4.78, 5) is 12.3. The van der Waals surface area contributed by atoms with Crippen molar-refractivity contribution in [3.63, 3.8) is 0 Å². The van der Waals surface area contributed by atoms with E-state index in [1.807, 2.05) is 13.1 Å². The van der Waals surface area contributed by atoms with E-state index in [1.165, 1.54) is 31.4 Å². The maximum absolute atomic E-state index is 13.3. The van der Waals surface area contributed by atoms with Crippen molar-refractivity contribution in [1.29, 1.82) is 0 Å². The molecule has 4 heteroatoms. The second kappa shape index (κ2) is 6.81. The Kier molecular flexibility index (Phi) is 5.33. The summed E-state index contributed by atoms with van der Waals surface area (Å²) in [6.07, 6.45) is 6.58. The molecule has 0 amide bonds. The summed E-state index contributed by atoms with van der Waals surface area (Å²) in [6.45, 7) is 0. The number of carbonyl (C=O) groups excluding carboxylic acids is 1. The minimum atomic E-state index is -0.303. The molecule has 2 nitrogen and oxygen atoms in total. The topological polar surface area (TPSA) is 29.1 Å². The predicted molar refractivity (Wildman–Crippen MR) is 82.3 cm³/mol. The first-order chi connectivity index (χ1) is 9.53. The molecule has 110 valence electrons. The number of Topliss-reactive ketones (excluding diaryl/α,β-unsaturated/α-hetero) is 1. The van der Waals surface area contributed by atoms with Crippen molar-refractivity contribution in [2.75, 3.05) is 7.05 Å². The van der Waals surface area contributed by atoms with Crippen LogP contribution in [0.1, 0.15) is 44.1 Å². The van der Waals surface area contributed by atoms with Crippen molar-refractivity contribution in [2.24, 2.45) is 0 Å². The number of hydrogen-bond donors (Lipinski definition) is 1. The van der Waals surface area contributed by atoms with E-state index in [9.17, 15) is 9.18 Å². The lowest BCUT2D eigenvalue weighted by molar-refractivity contribution is -0.120. The van der Waals surface area contributed by atoms with Crippen LogP contribution in [0, 0.1) is 5.82 Å². The zero-order valence-electron chi connectivity index (χ0n) is 11.8. The van der Waals surface area contributed by atoms with Gasteiger partial charge in [0.05, 0.1) is 0 Å². The van der Waals surface area contributed by atoms with Crippen LogP contribution in [0.2, 0.25) is 0 Å². The van der Waals surface area contributed by atoms with Crippen molar-refractivity contribution in [3.05, 3.63) is 34.1 Å². The van der Waals surface area contributed by atoms with E-state index in [4.69, 9.17) is 0 Å². The first kappa shape index (κ1) is 15.6. The van der Waals surface area contributed by atoms with Gasteiger partial charge in [-0.05, 0) is 43.7 Å². The fourth-order valence-corrected chi connectivity index (χ4v) is 3.64. The largest absolute Gasteiger partial charge is 0.314 e. The predicted octanol–water partition coefficient (Wildman–Crippen LogP) is 4.01. The van der Waals surface area contributed by atoms with E-state index < -0.39 is 0 Å². The van der Waals surface area contributed by atoms with Gasteiger partial charge in [0.2, 0.25) is 0 Å². The molecule has 0 bridgehead atoms. The Labute approximate surface area is 128 Å². The summed E-state index contributed by atoms with van der Waals surface area (Å²) in [7, 11) is 1.94. The smallest absolute Gasteiger partial charge is 0.139 e. The van der Waals surface area contributed by atoms with E-state index in [0.717, 1.165) is 18.4 Å². The number of carbonyl (C=O) groups is 1. The summed E-state index contributed by atoms with van der Waals surface area (Å²) in [5.74, 6) is -0.123. The molecule has 1 aliphatic rings. The maximum Gasteiger partial charge on any atom is 0.139 e. The third-order valence-corrected chi connectivity index (χ3v) is 4.66. The number of rotatable bonds is 5. The van der Waals surface area contributed by atoms with Crippen LogP contribution >= 0.6 is 15.9 Å². The Hall–Kier alpha value is -0.740. The minimum absolute atomic E-state index is 0.0418. The lowest BCUT2D eigenvalue weighted by Crippen LogP contribution is -2.46. The minimum Gasteiger partial charge on any atom is -0.314 e. The molecule has 0 heterocycles. The molecule has 1 aliphatic carbocycles. The van der Waals surface area contributed by atoms with Gasteiger partial charge in [-0.15, -0.1) is 0 Å². The average molecular weight is 342 g/mol. The fraction of sp³-hybridized carbons (Fsp3) is 0.562. The number of ketones is 1. The fourth-order valence-electron chi connectivity index (χ4n) is 3.12. The van der Waals surface area contributed by atoms with Gasteiger partial charge in [-0.25, -0.2) is 4.39 Å². The van der Waals surface area contributed by atoms with Gasteiger partial charge in [0.25, 0.3) is 0 Å². The molecule has 0 aromatic heterocycles. The second-order valence-electron chi connectivity index (χ2n) is 5.76. The Balaban J connectivity index is 2.00. The first-order valence-electron chi connectivity index (χ1n) is 7.19. The Morgan fingerprint density at radius 3 is 2.60 bits per heavy atom. The molecule has 0 spiro atoms. The van der Waals surface area contributed by atoms with Gasteiger partial charge >= 0.3 is 0 Å². The zero-order chi connectivity index (χ0) is 14.6. The summed E-state index contributed by atoms with van der Waals surface area (Å²) < 4.78 is 14.0.